The number of hydrogen-bond acceptors (Lipinski definition) is 4. The van der Waals surface area contributed by atoms with Crippen molar-refractivity contribution in [3.05, 3.63) is 45.8 Å². The molecule has 1 amide bonds. The van der Waals surface area contributed by atoms with Crippen LogP contribution in [0.5, 0.6) is 5.75 Å². The molecule has 0 N–H and O–H groups in total. The topological polar surface area (TPSA) is 55.6 Å². The zero-order valence-corrected chi connectivity index (χ0v) is 14.6. The van der Waals surface area contributed by atoms with E-state index in [1.54, 1.807) is 31.2 Å². The summed E-state index contributed by atoms with van der Waals surface area (Å²) in [5.41, 5.74) is 2.73. The fraction of sp³-hybridized carbons (Fsp3) is 0.412. The number of carbonyl (C=O) groups is 1. The summed E-state index contributed by atoms with van der Waals surface area (Å²) in [4.78, 5) is 14.0. The highest BCUT2D eigenvalue weighted by Gasteiger charge is 2.15. The molecule has 2 aromatic rings. The third kappa shape index (κ3) is 4.26. The Morgan fingerprint density at radius 1 is 1.39 bits per heavy atom. The second kappa shape index (κ2) is 7.51. The SMILES string of the molecule is COc1ccc(Cl)cc1CN(C)C(=O)CCc1c(C)noc1C. The van der Waals surface area contributed by atoms with Gasteiger partial charge in [0.2, 0.25) is 5.91 Å². The largest absolute Gasteiger partial charge is 0.496 e. The molecule has 0 atom stereocenters. The first kappa shape index (κ1) is 17.3. The van der Waals surface area contributed by atoms with Crippen LogP contribution in [-0.4, -0.2) is 30.1 Å². The molecule has 2 rings (SSSR count). The van der Waals surface area contributed by atoms with Crippen LogP contribution in [0.2, 0.25) is 5.02 Å². The Labute approximate surface area is 141 Å². The van der Waals surface area contributed by atoms with Gasteiger partial charge in [-0.3, -0.25) is 4.79 Å². The van der Waals surface area contributed by atoms with Gasteiger partial charge in [0.15, 0.2) is 0 Å². The lowest BCUT2D eigenvalue weighted by Crippen LogP contribution is -2.26. The highest BCUT2D eigenvalue weighted by molar-refractivity contribution is 6.30. The molecule has 0 fully saturated rings. The van der Waals surface area contributed by atoms with Gasteiger partial charge >= 0.3 is 0 Å². The fourth-order valence-electron chi connectivity index (χ4n) is 2.50. The first-order chi connectivity index (χ1) is 10.9. The van der Waals surface area contributed by atoms with Crippen LogP contribution in [0.25, 0.3) is 0 Å². The Kier molecular flexibility index (Phi) is 5.66. The number of halogens is 1. The number of aromatic nitrogens is 1. The van der Waals surface area contributed by atoms with Crippen molar-refractivity contribution in [1.29, 1.82) is 0 Å². The average Bonchev–Trinajstić information content (AvgIpc) is 2.84. The minimum atomic E-state index is 0.0482. The van der Waals surface area contributed by atoms with E-state index in [2.05, 4.69) is 5.16 Å². The first-order valence-electron chi connectivity index (χ1n) is 7.40. The Hall–Kier alpha value is -2.01. The van der Waals surface area contributed by atoms with Gasteiger partial charge in [-0.25, -0.2) is 0 Å². The molecule has 0 bridgehead atoms. The Morgan fingerprint density at radius 2 is 2.13 bits per heavy atom. The molecule has 6 heteroatoms. The maximum absolute atomic E-state index is 12.4. The van der Waals surface area contributed by atoms with Gasteiger partial charge in [0.1, 0.15) is 11.5 Å². The van der Waals surface area contributed by atoms with Crippen molar-refractivity contribution in [2.75, 3.05) is 14.2 Å². The number of rotatable bonds is 6. The van der Waals surface area contributed by atoms with Crippen molar-refractivity contribution in [3.63, 3.8) is 0 Å². The van der Waals surface area contributed by atoms with Crippen molar-refractivity contribution in [3.8, 4) is 5.75 Å². The van der Waals surface area contributed by atoms with Crippen molar-refractivity contribution in [2.45, 2.75) is 33.2 Å². The Bertz CT molecular complexity index is 678. The second-order valence-electron chi connectivity index (χ2n) is 5.51. The van der Waals surface area contributed by atoms with Gasteiger partial charge < -0.3 is 14.2 Å². The Balaban J connectivity index is 1.99. The molecule has 1 aromatic carbocycles. The van der Waals surface area contributed by atoms with Gasteiger partial charge in [-0.2, -0.15) is 0 Å². The quantitative estimate of drug-likeness (QED) is 0.809. The lowest BCUT2D eigenvalue weighted by molar-refractivity contribution is -0.130. The molecule has 0 aliphatic rings. The van der Waals surface area contributed by atoms with Crippen LogP contribution >= 0.6 is 11.6 Å². The summed E-state index contributed by atoms with van der Waals surface area (Å²) in [6, 6.07) is 5.39. The maximum atomic E-state index is 12.4. The van der Waals surface area contributed by atoms with Crippen LogP contribution in [0, 0.1) is 13.8 Å². The second-order valence-corrected chi connectivity index (χ2v) is 5.95. The van der Waals surface area contributed by atoms with Gasteiger partial charge in [0, 0.05) is 36.2 Å². The monoisotopic (exact) mass is 336 g/mol. The van der Waals surface area contributed by atoms with Gasteiger partial charge in [0.05, 0.1) is 12.8 Å². The van der Waals surface area contributed by atoms with E-state index in [-0.39, 0.29) is 5.91 Å². The number of aryl methyl sites for hydroxylation is 2. The molecule has 1 heterocycles. The lowest BCUT2D eigenvalue weighted by atomic mass is 10.1. The molecule has 0 unspecified atom stereocenters. The van der Waals surface area contributed by atoms with Crippen molar-refractivity contribution in [1.82, 2.24) is 10.1 Å². The molecule has 0 saturated heterocycles. The van der Waals surface area contributed by atoms with Crippen LogP contribution in [0.3, 0.4) is 0 Å². The number of nitrogens with zero attached hydrogens (tertiary/aromatic N) is 2. The van der Waals surface area contributed by atoms with Crippen LogP contribution < -0.4 is 4.74 Å². The molecule has 5 nitrogen and oxygen atoms in total. The van der Waals surface area contributed by atoms with E-state index in [4.69, 9.17) is 20.9 Å². The van der Waals surface area contributed by atoms with Crippen LogP contribution in [0.4, 0.5) is 0 Å². The van der Waals surface area contributed by atoms with Gasteiger partial charge in [-0.15, -0.1) is 0 Å². The predicted molar refractivity (Wildman–Crippen MR) is 88.8 cm³/mol. The summed E-state index contributed by atoms with van der Waals surface area (Å²) in [6.07, 6.45) is 1.03. The lowest BCUT2D eigenvalue weighted by Gasteiger charge is -2.19. The van der Waals surface area contributed by atoms with E-state index in [1.807, 2.05) is 19.9 Å². The first-order valence-corrected chi connectivity index (χ1v) is 7.78. The molecule has 0 saturated carbocycles. The highest BCUT2D eigenvalue weighted by atomic mass is 35.5. The maximum Gasteiger partial charge on any atom is 0.222 e. The van der Waals surface area contributed by atoms with E-state index in [0.29, 0.717) is 24.4 Å². The van der Waals surface area contributed by atoms with Gasteiger partial charge in [0.25, 0.3) is 0 Å². The summed E-state index contributed by atoms with van der Waals surface area (Å²) < 4.78 is 10.4. The summed E-state index contributed by atoms with van der Waals surface area (Å²) in [5.74, 6) is 1.54. The summed E-state index contributed by atoms with van der Waals surface area (Å²) in [7, 11) is 3.38. The van der Waals surface area contributed by atoms with Crippen LogP contribution in [0.1, 0.15) is 29.0 Å². The third-order valence-electron chi connectivity index (χ3n) is 3.85. The Morgan fingerprint density at radius 3 is 2.74 bits per heavy atom. The summed E-state index contributed by atoms with van der Waals surface area (Å²) in [5, 5.41) is 4.53. The van der Waals surface area contributed by atoms with E-state index >= 15 is 0 Å². The third-order valence-corrected chi connectivity index (χ3v) is 4.08. The van der Waals surface area contributed by atoms with Crippen molar-refractivity contribution < 1.29 is 14.1 Å². The predicted octanol–water partition coefficient (Wildman–Crippen LogP) is 3.54. The number of ether oxygens (including phenoxy) is 1. The van der Waals surface area contributed by atoms with Crippen LogP contribution in [0.15, 0.2) is 22.7 Å². The standard InChI is InChI=1S/C17H21ClN2O3/c1-11-15(12(2)23-19-11)6-8-17(21)20(3)10-13-9-14(18)5-7-16(13)22-4/h5,7,9H,6,8,10H2,1-4H3. The normalized spacial score (nSPS) is 10.7. The molecular weight excluding hydrogens is 316 g/mol. The van der Waals surface area contributed by atoms with Gasteiger partial charge in [-0.05, 0) is 38.5 Å². The number of amides is 1. The minimum Gasteiger partial charge on any atom is -0.496 e. The van der Waals surface area contributed by atoms with E-state index in [9.17, 15) is 4.79 Å². The van der Waals surface area contributed by atoms with Crippen molar-refractivity contribution >= 4 is 17.5 Å². The average molecular weight is 337 g/mol. The molecular formula is C17H21ClN2O3. The molecule has 124 valence electrons. The molecule has 1 aromatic heterocycles. The molecule has 0 aliphatic carbocycles. The molecule has 0 radical (unpaired) electrons. The number of carbonyl (C=O) groups excluding carboxylic acids is 1. The molecule has 0 aliphatic heterocycles. The fourth-order valence-corrected chi connectivity index (χ4v) is 2.69. The highest BCUT2D eigenvalue weighted by Crippen LogP contribution is 2.24. The van der Waals surface area contributed by atoms with Gasteiger partial charge in [-0.1, -0.05) is 16.8 Å². The van der Waals surface area contributed by atoms with Crippen molar-refractivity contribution in [2.24, 2.45) is 0 Å². The van der Waals surface area contributed by atoms with E-state index in [0.717, 1.165) is 28.3 Å². The number of benzene rings is 1. The number of methoxy groups -OCH3 is 1. The van der Waals surface area contributed by atoms with E-state index in [1.165, 1.54) is 0 Å². The molecule has 23 heavy (non-hydrogen) atoms. The summed E-state index contributed by atoms with van der Waals surface area (Å²) in [6.45, 7) is 4.20. The zero-order chi connectivity index (χ0) is 17.0. The van der Waals surface area contributed by atoms with Crippen LogP contribution in [-0.2, 0) is 17.8 Å². The smallest absolute Gasteiger partial charge is 0.222 e. The zero-order valence-electron chi connectivity index (χ0n) is 13.9. The summed E-state index contributed by atoms with van der Waals surface area (Å²) >= 11 is 6.02. The minimum absolute atomic E-state index is 0.0482. The molecule has 0 spiro atoms. The van der Waals surface area contributed by atoms with E-state index < -0.39 is 0 Å². The number of hydrogen-bond donors (Lipinski definition) is 0.